The molecule has 138 valence electrons. The molecule has 0 unspecified atom stereocenters. The fraction of sp³-hybridized carbons (Fsp3) is 0.300. The van der Waals surface area contributed by atoms with Crippen LogP contribution in [0, 0.1) is 0 Å². The van der Waals surface area contributed by atoms with Crippen molar-refractivity contribution in [2.45, 2.75) is 26.4 Å². The highest BCUT2D eigenvalue weighted by molar-refractivity contribution is 5.94. The van der Waals surface area contributed by atoms with Crippen molar-refractivity contribution in [1.82, 2.24) is 0 Å². The summed E-state index contributed by atoms with van der Waals surface area (Å²) < 4.78 is 10.8. The first-order valence-corrected chi connectivity index (χ1v) is 8.32. The number of rotatable bonds is 8. The van der Waals surface area contributed by atoms with Gasteiger partial charge in [0, 0.05) is 18.3 Å². The average molecular weight is 357 g/mol. The standard InChI is InChI=1S/C20H23NO5/c1-14(2)26-18-7-5-4-6-15(18)12-19(22)21(3)16-8-10-17(11-9-16)25-13-20(23)24/h4-11,14H,12-13H2,1-3H3,(H,23,24). The Morgan fingerprint density at radius 2 is 1.73 bits per heavy atom. The third-order valence-corrected chi connectivity index (χ3v) is 3.64. The molecule has 0 aliphatic heterocycles. The van der Waals surface area contributed by atoms with Gasteiger partial charge in [-0.15, -0.1) is 0 Å². The van der Waals surface area contributed by atoms with Gasteiger partial charge < -0.3 is 19.5 Å². The van der Waals surface area contributed by atoms with E-state index in [2.05, 4.69) is 0 Å². The van der Waals surface area contributed by atoms with Crippen molar-refractivity contribution in [1.29, 1.82) is 0 Å². The van der Waals surface area contributed by atoms with E-state index < -0.39 is 12.6 Å². The Kier molecular flexibility index (Phi) is 6.60. The highest BCUT2D eigenvalue weighted by Crippen LogP contribution is 2.23. The summed E-state index contributed by atoms with van der Waals surface area (Å²) in [6.07, 6.45) is 0.249. The van der Waals surface area contributed by atoms with Crippen LogP contribution in [0.15, 0.2) is 48.5 Å². The highest BCUT2D eigenvalue weighted by Gasteiger charge is 2.15. The predicted octanol–water partition coefficient (Wildman–Crippen LogP) is 3.14. The second kappa shape index (κ2) is 8.89. The minimum Gasteiger partial charge on any atom is -0.491 e. The summed E-state index contributed by atoms with van der Waals surface area (Å²) in [7, 11) is 1.70. The lowest BCUT2D eigenvalue weighted by Crippen LogP contribution is -2.28. The van der Waals surface area contributed by atoms with Gasteiger partial charge in [0.15, 0.2) is 6.61 Å². The fourth-order valence-electron chi connectivity index (χ4n) is 2.36. The SMILES string of the molecule is CC(C)Oc1ccccc1CC(=O)N(C)c1ccc(OCC(=O)O)cc1. The molecule has 0 atom stereocenters. The van der Waals surface area contributed by atoms with Crippen molar-refractivity contribution in [3.8, 4) is 11.5 Å². The summed E-state index contributed by atoms with van der Waals surface area (Å²) in [4.78, 5) is 24.7. The maximum Gasteiger partial charge on any atom is 0.341 e. The van der Waals surface area contributed by atoms with Crippen molar-refractivity contribution in [3.05, 3.63) is 54.1 Å². The van der Waals surface area contributed by atoms with Gasteiger partial charge in [0.2, 0.25) is 5.91 Å². The van der Waals surface area contributed by atoms with E-state index >= 15 is 0 Å². The zero-order valence-corrected chi connectivity index (χ0v) is 15.1. The van der Waals surface area contributed by atoms with E-state index in [1.807, 2.05) is 38.1 Å². The molecule has 0 bridgehead atoms. The molecule has 0 fully saturated rings. The van der Waals surface area contributed by atoms with E-state index in [1.54, 1.807) is 36.2 Å². The molecule has 0 heterocycles. The number of carbonyl (C=O) groups is 2. The van der Waals surface area contributed by atoms with Gasteiger partial charge in [0.1, 0.15) is 11.5 Å². The van der Waals surface area contributed by atoms with Gasteiger partial charge in [0.25, 0.3) is 0 Å². The number of benzene rings is 2. The van der Waals surface area contributed by atoms with Crippen LogP contribution in [0.4, 0.5) is 5.69 Å². The molecule has 6 heteroatoms. The van der Waals surface area contributed by atoms with Crippen LogP contribution < -0.4 is 14.4 Å². The second-order valence-electron chi connectivity index (χ2n) is 6.08. The molecule has 0 aromatic heterocycles. The number of hydrogen-bond donors (Lipinski definition) is 1. The molecule has 26 heavy (non-hydrogen) atoms. The van der Waals surface area contributed by atoms with Gasteiger partial charge in [-0.1, -0.05) is 18.2 Å². The molecule has 2 rings (SSSR count). The lowest BCUT2D eigenvalue weighted by molar-refractivity contribution is -0.139. The quantitative estimate of drug-likeness (QED) is 0.785. The maximum atomic E-state index is 12.6. The number of anilines is 1. The molecule has 2 aromatic carbocycles. The van der Waals surface area contributed by atoms with Gasteiger partial charge in [-0.25, -0.2) is 4.79 Å². The van der Waals surface area contributed by atoms with Crippen LogP contribution in [-0.4, -0.2) is 36.7 Å². The first-order valence-electron chi connectivity index (χ1n) is 8.32. The molecule has 2 aromatic rings. The number of carboxylic acid groups (broad SMARTS) is 1. The molecule has 1 N–H and O–H groups in total. The Hall–Kier alpha value is -3.02. The molecule has 0 radical (unpaired) electrons. The van der Waals surface area contributed by atoms with E-state index in [4.69, 9.17) is 14.6 Å². The number of para-hydroxylation sites is 1. The third-order valence-electron chi connectivity index (χ3n) is 3.64. The zero-order chi connectivity index (χ0) is 19.1. The zero-order valence-electron chi connectivity index (χ0n) is 15.1. The van der Waals surface area contributed by atoms with Gasteiger partial charge in [-0.05, 0) is 44.2 Å². The lowest BCUT2D eigenvalue weighted by atomic mass is 10.1. The number of amides is 1. The number of ether oxygens (including phenoxy) is 2. The molecule has 0 saturated heterocycles. The number of aliphatic carboxylic acids is 1. The summed E-state index contributed by atoms with van der Waals surface area (Å²) >= 11 is 0. The number of carboxylic acids is 1. The van der Waals surface area contributed by atoms with Gasteiger partial charge in [-0.3, -0.25) is 4.79 Å². The summed E-state index contributed by atoms with van der Waals surface area (Å²) in [6.45, 7) is 3.48. The van der Waals surface area contributed by atoms with Crippen LogP contribution in [0.25, 0.3) is 0 Å². The Morgan fingerprint density at radius 3 is 2.35 bits per heavy atom. The van der Waals surface area contributed by atoms with E-state index in [9.17, 15) is 9.59 Å². The molecular formula is C20H23NO5. The monoisotopic (exact) mass is 357 g/mol. The molecular weight excluding hydrogens is 334 g/mol. The van der Waals surface area contributed by atoms with Crippen LogP contribution in [0.1, 0.15) is 19.4 Å². The van der Waals surface area contributed by atoms with Crippen molar-refractivity contribution in [2.75, 3.05) is 18.6 Å². The first kappa shape index (κ1) is 19.3. The third kappa shape index (κ3) is 5.51. The van der Waals surface area contributed by atoms with Crippen LogP contribution in [0.5, 0.6) is 11.5 Å². The number of hydrogen-bond acceptors (Lipinski definition) is 4. The highest BCUT2D eigenvalue weighted by atomic mass is 16.5. The van der Waals surface area contributed by atoms with Gasteiger partial charge in [0.05, 0.1) is 12.5 Å². The molecule has 6 nitrogen and oxygen atoms in total. The Bertz CT molecular complexity index is 755. The van der Waals surface area contributed by atoms with Crippen molar-refractivity contribution in [2.24, 2.45) is 0 Å². The minimum absolute atomic E-state index is 0.0299. The summed E-state index contributed by atoms with van der Waals surface area (Å²) in [5.74, 6) is 0.0296. The number of carbonyl (C=O) groups excluding carboxylic acids is 1. The topological polar surface area (TPSA) is 76.1 Å². The van der Waals surface area contributed by atoms with Gasteiger partial charge in [-0.2, -0.15) is 0 Å². The fourth-order valence-corrected chi connectivity index (χ4v) is 2.36. The van der Waals surface area contributed by atoms with Crippen molar-refractivity contribution >= 4 is 17.6 Å². The lowest BCUT2D eigenvalue weighted by Gasteiger charge is -2.19. The largest absolute Gasteiger partial charge is 0.491 e. The molecule has 0 aliphatic rings. The molecule has 1 amide bonds. The van der Waals surface area contributed by atoms with E-state index in [-0.39, 0.29) is 18.4 Å². The second-order valence-corrected chi connectivity index (χ2v) is 6.08. The van der Waals surface area contributed by atoms with Crippen LogP contribution in [0.2, 0.25) is 0 Å². The first-order chi connectivity index (χ1) is 12.4. The predicted molar refractivity (Wildman–Crippen MR) is 98.9 cm³/mol. The Morgan fingerprint density at radius 1 is 1.08 bits per heavy atom. The summed E-state index contributed by atoms with van der Waals surface area (Å²) in [6, 6.07) is 14.2. The van der Waals surface area contributed by atoms with E-state index in [0.717, 1.165) is 5.56 Å². The number of nitrogens with zero attached hydrogens (tertiary/aromatic N) is 1. The van der Waals surface area contributed by atoms with Crippen LogP contribution in [0.3, 0.4) is 0 Å². The normalized spacial score (nSPS) is 10.5. The van der Waals surface area contributed by atoms with E-state index in [0.29, 0.717) is 17.2 Å². The summed E-state index contributed by atoms with van der Waals surface area (Å²) in [5, 5.41) is 8.62. The average Bonchev–Trinajstić information content (AvgIpc) is 2.61. The smallest absolute Gasteiger partial charge is 0.341 e. The molecule has 0 aliphatic carbocycles. The molecule has 0 saturated carbocycles. The Labute approximate surface area is 153 Å². The van der Waals surface area contributed by atoms with Gasteiger partial charge >= 0.3 is 5.97 Å². The minimum atomic E-state index is -1.04. The van der Waals surface area contributed by atoms with Crippen molar-refractivity contribution in [3.63, 3.8) is 0 Å². The summed E-state index contributed by atoms with van der Waals surface area (Å²) in [5.41, 5.74) is 1.53. The molecule has 0 spiro atoms. The van der Waals surface area contributed by atoms with Crippen LogP contribution >= 0.6 is 0 Å². The number of likely N-dealkylation sites (N-methyl/N-ethyl adjacent to an activating group) is 1. The van der Waals surface area contributed by atoms with Crippen LogP contribution in [-0.2, 0) is 16.0 Å². The van der Waals surface area contributed by atoms with Crippen molar-refractivity contribution < 1.29 is 24.2 Å². The van der Waals surface area contributed by atoms with E-state index in [1.165, 1.54) is 0 Å². The Balaban J connectivity index is 2.04. The maximum absolute atomic E-state index is 12.6.